The van der Waals surface area contributed by atoms with Crippen LogP contribution >= 0.6 is 35.3 Å². The molecule has 122 valence electrons. The zero-order chi connectivity index (χ0) is 14.9. The van der Waals surface area contributed by atoms with Crippen molar-refractivity contribution >= 4 is 41.3 Å². The summed E-state index contributed by atoms with van der Waals surface area (Å²) in [6.07, 6.45) is 7.51. The van der Waals surface area contributed by atoms with Crippen LogP contribution in [0.25, 0.3) is 0 Å². The number of thiazole rings is 1. The van der Waals surface area contributed by atoms with E-state index in [2.05, 4.69) is 37.7 Å². The number of rotatable bonds is 7. The van der Waals surface area contributed by atoms with Crippen molar-refractivity contribution in [2.24, 2.45) is 4.99 Å². The average molecular weight is 435 g/mol. The van der Waals surface area contributed by atoms with Crippen molar-refractivity contribution in [1.29, 1.82) is 0 Å². The number of guanidine groups is 1. The Balaban J connectivity index is 0.00000242. The number of halogens is 1. The molecular weight excluding hydrogens is 413 g/mol. The fourth-order valence-corrected chi connectivity index (χ4v) is 2.55. The fraction of sp³-hybridized carbons (Fsp3) is 0.538. The Kier molecular flexibility index (Phi) is 8.97. The van der Waals surface area contributed by atoms with Gasteiger partial charge in [-0.2, -0.15) is 0 Å². The molecule has 2 aromatic heterocycles. The van der Waals surface area contributed by atoms with Gasteiger partial charge < -0.3 is 15.2 Å². The Labute approximate surface area is 151 Å². The van der Waals surface area contributed by atoms with E-state index in [1.807, 2.05) is 10.8 Å². The summed E-state index contributed by atoms with van der Waals surface area (Å²) in [6, 6.07) is 0. The molecule has 22 heavy (non-hydrogen) atoms. The van der Waals surface area contributed by atoms with Crippen molar-refractivity contribution in [1.82, 2.24) is 30.4 Å². The van der Waals surface area contributed by atoms with Crippen LogP contribution in [-0.2, 0) is 13.1 Å². The molecule has 0 atom stereocenters. The summed E-state index contributed by atoms with van der Waals surface area (Å²) in [5, 5.41) is 15.2. The molecule has 0 saturated heterocycles. The van der Waals surface area contributed by atoms with Crippen molar-refractivity contribution in [3.63, 3.8) is 0 Å². The topological polar surface area (TPSA) is 80.0 Å². The molecule has 2 heterocycles. The third-order valence-corrected chi connectivity index (χ3v) is 3.81. The van der Waals surface area contributed by atoms with Crippen LogP contribution in [0.1, 0.15) is 22.7 Å². The summed E-state index contributed by atoms with van der Waals surface area (Å²) in [5.41, 5.74) is 0. The molecule has 0 aliphatic carbocycles. The summed E-state index contributed by atoms with van der Waals surface area (Å²) >= 11 is 1.70. The molecule has 0 aliphatic rings. The van der Waals surface area contributed by atoms with Gasteiger partial charge in [0.05, 0.1) is 6.54 Å². The molecule has 0 amide bonds. The molecule has 0 aliphatic heterocycles. The predicted molar refractivity (Wildman–Crippen MR) is 99.7 cm³/mol. The highest BCUT2D eigenvalue weighted by molar-refractivity contribution is 14.0. The first kappa shape index (κ1) is 18.8. The van der Waals surface area contributed by atoms with E-state index in [1.165, 1.54) is 4.88 Å². The van der Waals surface area contributed by atoms with Crippen LogP contribution in [0.4, 0.5) is 0 Å². The Morgan fingerprint density at radius 1 is 1.27 bits per heavy atom. The number of nitrogens with one attached hydrogen (secondary N) is 2. The zero-order valence-electron chi connectivity index (χ0n) is 12.8. The van der Waals surface area contributed by atoms with E-state index in [4.69, 9.17) is 0 Å². The average Bonchev–Trinajstić information content (AvgIpc) is 3.13. The molecule has 2 aromatic rings. The van der Waals surface area contributed by atoms with Gasteiger partial charge >= 0.3 is 0 Å². The Bertz CT molecular complexity index is 552. The van der Waals surface area contributed by atoms with Gasteiger partial charge in [-0.3, -0.25) is 4.99 Å². The van der Waals surface area contributed by atoms with Gasteiger partial charge in [-0.15, -0.1) is 45.5 Å². The first-order valence-corrected chi connectivity index (χ1v) is 7.78. The maximum atomic E-state index is 4.32. The van der Waals surface area contributed by atoms with Gasteiger partial charge in [0.25, 0.3) is 0 Å². The molecule has 0 bridgehead atoms. The monoisotopic (exact) mass is 435 g/mol. The lowest BCUT2D eigenvalue weighted by molar-refractivity contribution is 0.597. The van der Waals surface area contributed by atoms with Crippen molar-refractivity contribution < 1.29 is 0 Å². The Hall–Kier alpha value is -1.23. The number of hydrogen-bond donors (Lipinski definition) is 2. The van der Waals surface area contributed by atoms with E-state index in [9.17, 15) is 0 Å². The second-order valence-corrected chi connectivity index (χ2v) is 5.94. The second-order valence-electron chi connectivity index (χ2n) is 4.62. The summed E-state index contributed by atoms with van der Waals surface area (Å²) < 4.78 is 1.98. The highest BCUT2D eigenvalue weighted by Gasteiger charge is 2.01. The molecule has 7 nitrogen and oxygen atoms in total. The number of unbranched alkanes of at least 4 members (excludes halogenated alkanes) is 1. The van der Waals surface area contributed by atoms with E-state index in [1.54, 1.807) is 31.0 Å². The van der Waals surface area contributed by atoms with Crippen LogP contribution < -0.4 is 10.6 Å². The van der Waals surface area contributed by atoms with Crippen molar-refractivity contribution in [3.05, 3.63) is 28.7 Å². The first-order valence-electron chi connectivity index (χ1n) is 6.96. The predicted octanol–water partition coefficient (Wildman–Crippen LogP) is 1.81. The van der Waals surface area contributed by atoms with Gasteiger partial charge in [0, 0.05) is 31.2 Å². The van der Waals surface area contributed by atoms with Crippen molar-refractivity contribution in [2.45, 2.75) is 32.9 Å². The van der Waals surface area contributed by atoms with Crippen LogP contribution in [0.5, 0.6) is 0 Å². The van der Waals surface area contributed by atoms with E-state index < -0.39 is 0 Å². The minimum atomic E-state index is 0. The smallest absolute Gasteiger partial charge is 0.191 e. The number of aliphatic imine (C=N–C) groups is 1. The van der Waals surface area contributed by atoms with Gasteiger partial charge in [-0.05, 0) is 19.8 Å². The van der Waals surface area contributed by atoms with E-state index in [-0.39, 0.29) is 24.0 Å². The summed E-state index contributed by atoms with van der Waals surface area (Å²) in [7, 11) is 1.78. The van der Waals surface area contributed by atoms with Crippen LogP contribution in [0.15, 0.2) is 23.8 Å². The number of aryl methyl sites for hydroxylation is 2. The first-order chi connectivity index (χ1) is 10.3. The van der Waals surface area contributed by atoms with E-state index >= 15 is 0 Å². The van der Waals surface area contributed by atoms with Crippen molar-refractivity contribution in [3.8, 4) is 0 Å². The number of hydrogen-bond acceptors (Lipinski definition) is 5. The standard InChI is InChI=1S/C13H21N7S.HI/c1-11-7-16-12(21-11)8-17-13(14-2)15-5-3-4-6-20-9-18-19-10-20;/h7,9-10H,3-6,8H2,1-2H3,(H2,14,15,17);1H. The molecule has 0 unspecified atom stereocenters. The quantitative estimate of drug-likeness (QED) is 0.300. The SMILES string of the molecule is CN=C(NCCCCn1cnnc1)NCc1ncc(C)s1.I. The normalized spacial score (nSPS) is 11.1. The maximum absolute atomic E-state index is 4.32. The highest BCUT2D eigenvalue weighted by Crippen LogP contribution is 2.10. The Morgan fingerprint density at radius 2 is 2.05 bits per heavy atom. The molecule has 2 rings (SSSR count). The minimum Gasteiger partial charge on any atom is -0.356 e. The summed E-state index contributed by atoms with van der Waals surface area (Å²) in [5.74, 6) is 0.812. The third-order valence-electron chi connectivity index (χ3n) is 2.90. The lowest BCUT2D eigenvalue weighted by atomic mass is 10.3. The summed E-state index contributed by atoms with van der Waals surface area (Å²) in [6.45, 7) is 4.60. The van der Waals surface area contributed by atoms with Gasteiger partial charge in [0.15, 0.2) is 5.96 Å². The van der Waals surface area contributed by atoms with Crippen LogP contribution in [0.2, 0.25) is 0 Å². The van der Waals surface area contributed by atoms with Gasteiger partial charge in [-0.25, -0.2) is 4.98 Å². The molecule has 0 aromatic carbocycles. The van der Waals surface area contributed by atoms with Crippen molar-refractivity contribution in [2.75, 3.05) is 13.6 Å². The molecule has 9 heteroatoms. The summed E-state index contributed by atoms with van der Waals surface area (Å²) in [4.78, 5) is 9.75. The van der Waals surface area contributed by atoms with Gasteiger partial charge in [0.1, 0.15) is 17.7 Å². The number of nitrogens with zero attached hydrogens (tertiary/aromatic N) is 5. The van der Waals surface area contributed by atoms with Gasteiger partial charge in [-0.1, -0.05) is 0 Å². The lowest BCUT2D eigenvalue weighted by Crippen LogP contribution is -2.37. The van der Waals surface area contributed by atoms with Crippen LogP contribution in [-0.4, -0.2) is 39.3 Å². The van der Waals surface area contributed by atoms with Gasteiger partial charge in [0.2, 0.25) is 0 Å². The van der Waals surface area contributed by atoms with Crippen LogP contribution in [0.3, 0.4) is 0 Å². The lowest BCUT2D eigenvalue weighted by Gasteiger charge is -2.10. The molecule has 0 fully saturated rings. The second kappa shape index (κ2) is 10.5. The Morgan fingerprint density at radius 3 is 2.68 bits per heavy atom. The third kappa shape index (κ3) is 6.69. The van der Waals surface area contributed by atoms with E-state index in [0.29, 0.717) is 6.54 Å². The molecular formula is C13H22IN7S. The molecule has 2 N–H and O–H groups in total. The zero-order valence-corrected chi connectivity index (χ0v) is 16.0. The molecule has 0 saturated carbocycles. The molecule has 0 spiro atoms. The largest absolute Gasteiger partial charge is 0.356 e. The number of aromatic nitrogens is 4. The molecule has 0 radical (unpaired) electrons. The highest BCUT2D eigenvalue weighted by atomic mass is 127. The van der Waals surface area contributed by atoms with Crippen LogP contribution in [0, 0.1) is 6.92 Å². The maximum Gasteiger partial charge on any atom is 0.191 e. The van der Waals surface area contributed by atoms with E-state index in [0.717, 1.165) is 36.9 Å². The minimum absolute atomic E-state index is 0. The fourth-order valence-electron chi connectivity index (χ4n) is 1.83.